The van der Waals surface area contributed by atoms with E-state index in [4.69, 9.17) is 4.74 Å². The molecule has 0 spiro atoms. The van der Waals surface area contributed by atoms with Gasteiger partial charge in [-0.15, -0.1) is 0 Å². The highest BCUT2D eigenvalue weighted by Crippen LogP contribution is 2.16. The number of Topliss-reactive ketones (excluding diaryl/α,β-unsaturated/α-hetero) is 1. The summed E-state index contributed by atoms with van der Waals surface area (Å²) in [6, 6.07) is 11.5. The number of sulfonamides is 1. The Labute approximate surface area is 156 Å². The lowest BCUT2D eigenvalue weighted by Gasteiger charge is -2.16. The summed E-state index contributed by atoms with van der Waals surface area (Å²) in [7, 11) is -1.99. The third-order valence-corrected chi connectivity index (χ3v) is 4.86. The van der Waals surface area contributed by atoms with Crippen LogP contribution in [0, 0.1) is 5.82 Å². The lowest BCUT2D eigenvalue weighted by atomic mass is 10.1. The average Bonchev–Trinajstić information content (AvgIpc) is 2.63. The fourth-order valence-electron chi connectivity index (χ4n) is 2.09. The van der Waals surface area contributed by atoms with Crippen molar-refractivity contribution in [2.75, 3.05) is 24.2 Å². The molecule has 0 aliphatic rings. The molecule has 0 saturated heterocycles. The Bertz CT molecular complexity index is 968. The second-order valence-corrected chi connectivity index (χ2v) is 7.71. The van der Waals surface area contributed by atoms with Crippen molar-refractivity contribution in [3.63, 3.8) is 0 Å². The van der Waals surface area contributed by atoms with Crippen LogP contribution in [0.1, 0.15) is 15.9 Å². The predicted molar refractivity (Wildman–Crippen MR) is 100 cm³/mol. The molecule has 0 bridgehead atoms. The van der Waals surface area contributed by atoms with Crippen LogP contribution in [0.15, 0.2) is 54.6 Å². The number of hydrogen-bond donors (Lipinski definition) is 0. The van der Waals surface area contributed by atoms with E-state index in [-0.39, 0.29) is 5.56 Å². The maximum atomic E-state index is 13.0. The van der Waals surface area contributed by atoms with E-state index in [1.54, 1.807) is 6.07 Å². The highest BCUT2D eigenvalue weighted by Gasteiger charge is 2.13. The van der Waals surface area contributed by atoms with Crippen LogP contribution < -0.4 is 4.31 Å². The van der Waals surface area contributed by atoms with Crippen LogP contribution in [0.25, 0.3) is 6.08 Å². The number of nitrogens with zero attached hydrogens (tertiary/aromatic N) is 1. The molecule has 6 nitrogen and oxygen atoms in total. The van der Waals surface area contributed by atoms with Crippen molar-refractivity contribution < 1.29 is 27.1 Å². The Morgan fingerprint density at radius 2 is 1.81 bits per heavy atom. The van der Waals surface area contributed by atoms with Crippen LogP contribution in [0.2, 0.25) is 0 Å². The van der Waals surface area contributed by atoms with Crippen LogP contribution >= 0.6 is 0 Å². The molecule has 0 fully saturated rings. The first-order valence-corrected chi connectivity index (χ1v) is 9.69. The first-order chi connectivity index (χ1) is 12.7. The smallest absolute Gasteiger partial charge is 0.331 e. The van der Waals surface area contributed by atoms with Gasteiger partial charge in [-0.3, -0.25) is 9.10 Å². The number of halogens is 1. The minimum Gasteiger partial charge on any atom is -0.454 e. The first kappa shape index (κ1) is 20.3. The zero-order valence-electron chi connectivity index (χ0n) is 14.8. The standard InChI is InChI=1S/C19H18FNO5S/c1-21(27(2,24)25)17-9-7-15(8-10-17)18(22)13-26-19(23)11-6-14-4-3-5-16(20)12-14/h3-12H,13H2,1-2H3/b11-6+. The van der Waals surface area contributed by atoms with Crippen LogP contribution in [-0.4, -0.2) is 40.1 Å². The quantitative estimate of drug-likeness (QED) is 0.412. The van der Waals surface area contributed by atoms with Crippen molar-refractivity contribution in [3.8, 4) is 0 Å². The molecule has 0 atom stereocenters. The Morgan fingerprint density at radius 3 is 2.41 bits per heavy atom. The summed E-state index contributed by atoms with van der Waals surface area (Å²) in [6.45, 7) is -0.465. The molecule has 2 rings (SSSR count). The van der Waals surface area contributed by atoms with Crippen LogP contribution in [0.4, 0.5) is 10.1 Å². The molecular weight excluding hydrogens is 373 g/mol. The zero-order chi connectivity index (χ0) is 20.0. The van der Waals surface area contributed by atoms with Gasteiger partial charge in [0.1, 0.15) is 5.82 Å². The summed E-state index contributed by atoms with van der Waals surface area (Å²) in [4.78, 5) is 23.7. The number of esters is 1. The molecule has 0 saturated carbocycles. The number of carbonyl (C=O) groups excluding carboxylic acids is 2. The Balaban J connectivity index is 1.92. The van der Waals surface area contributed by atoms with E-state index < -0.39 is 34.2 Å². The van der Waals surface area contributed by atoms with Crippen molar-refractivity contribution in [2.24, 2.45) is 0 Å². The first-order valence-electron chi connectivity index (χ1n) is 7.84. The topological polar surface area (TPSA) is 80.8 Å². The largest absolute Gasteiger partial charge is 0.454 e. The summed E-state index contributed by atoms with van der Waals surface area (Å²) in [5, 5.41) is 0. The van der Waals surface area contributed by atoms with Gasteiger partial charge in [-0.1, -0.05) is 12.1 Å². The number of benzene rings is 2. The summed E-state index contributed by atoms with van der Waals surface area (Å²) < 4.78 is 42.0. The molecule has 2 aromatic carbocycles. The number of ketones is 1. The molecule has 27 heavy (non-hydrogen) atoms. The highest BCUT2D eigenvalue weighted by molar-refractivity contribution is 7.92. The normalized spacial score (nSPS) is 11.4. The summed E-state index contributed by atoms with van der Waals surface area (Å²) in [6.07, 6.45) is 3.56. The van der Waals surface area contributed by atoms with E-state index >= 15 is 0 Å². The predicted octanol–water partition coefficient (Wildman–Crippen LogP) is 2.66. The van der Waals surface area contributed by atoms with Crippen LogP contribution in [0.3, 0.4) is 0 Å². The molecule has 0 radical (unpaired) electrons. The molecule has 142 valence electrons. The van der Waals surface area contributed by atoms with Crippen molar-refractivity contribution in [2.45, 2.75) is 0 Å². The van der Waals surface area contributed by atoms with E-state index in [1.165, 1.54) is 55.6 Å². The Hall–Kier alpha value is -3.00. The fourth-order valence-corrected chi connectivity index (χ4v) is 2.60. The molecule has 0 aromatic heterocycles. The molecule has 0 amide bonds. The van der Waals surface area contributed by atoms with Gasteiger partial charge >= 0.3 is 5.97 Å². The lowest BCUT2D eigenvalue weighted by Crippen LogP contribution is -2.24. The molecule has 0 N–H and O–H groups in total. The van der Waals surface area contributed by atoms with E-state index in [1.807, 2.05) is 0 Å². The van der Waals surface area contributed by atoms with Gasteiger partial charge in [0.05, 0.1) is 11.9 Å². The summed E-state index contributed by atoms with van der Waals surface area (Å²) in [5.74, 6) is -1.59. The van der Waals surface area contributed by atoms with E-state index in [9.17, 15) is 22.4 Å². The van der Waals surface area contributed by atoms with Crippen molar-refractivity contribution in [3.05, 3.63) is 71.6 Å². The van der Waals surface area contributed by atoms with Gasteiger partial charge in [0.2, 0.25) is 10.0 Å². The van der Waals surface area contributed by atoms with Crippen molar-refractivity contribution in [1.29, 1.82) is 0 Å². The van der Waals surface area contributed by atoms with Gasteiger partial charge in [-0.2, -0.15) is 0 Å². The van der Waals surface area contributed by atoms with E-state index in [2.05, 4.69) is 0 Å². The maximum Gasteiger partial charge on any atom is 0.331 e. The van der Waals surface area contributed by atoms with Crippen molar-refractivity contribution >= 4 is 33.5 Å². The highest BCUT2D eigenvalue weighted by atomic mass is 32.2. The van der Waals surface area contributed by atoms with Gasteiger partial charge < -0.3 is 4.74 Å². The molecule has 0 unspecified atom stereocenters. The Morgan fingerprint density at radius 1 is 1.15 bits per heavy atom. The monoisotopic (exact) mass is 391 g/mol. The number of hydrogen-bond acceptors (Lipinski definition) is 5. The SMILES string of the molecule is CN(c1ccc(C(=O)COC(=O)/C=C/c2cccc(F)c2)cc1)S(C)(=O)=O. The van der Waals surface area contributed by atoms with Gasteiger partial charge in [0.15, 0.2) is 12.4 Å². The fraction of sp³-hybridized carbons (Fsp3) is 0.158. The number of carbonyl (C=O) groups is 2. The number of anilines is 1. The molecular formula is C19H18FNO5S. The van der Waals surface area contributed by atoms with Crippen LogP contribution in [0.5, 0.6) is 0 Å². The van der Waals surface area contributed by atoms with Gasteiger partial charge in [0.25, 0.3) is 0 Å². The van der Waals surface area contributed by atoms with Crippen molar-refractivity contribution in [1.82, 2.24) is 0 Å². The molecule has 0 aliphatic carbocycles. The maximum absolute atomic E-state index is 13.0. The third kappa shape index (κ3) is 6.03. The third-order valence-electron chi connectivity index (χ3n) is 3.66. The van der Waals surface area contributed by atoms with Gasteiger partial charge in [-0.05, 0) is 48.0 Å². The molecule has 8 heteroatoms. The second-order valence-electron chi connectivity index (χ2n) is 5.70. The van der Waals surface area contributed by atoms with E-state index in [0.29, 0.717) is 11.3 Å². The average molecular weight is 391 g/mol. The van der Waals surface area contributed by atoms with Gasteiger partial charge in [-0.25, -0.2) is 17.6 Å². The van der Waals surface area contributed by atoms with E-state index in [0.717, 1.165) is 16.6 Å². The summed E-state index contributed by atoms with van der Waals surface area (Å²) >= 11 is 0. The minimum atomic E-state index is -3.39. The second kappa shape index (κ2) is 8.59. The molecule has 2 aromatic rings. The molecule has 0 aliphatic heterocycles. The number of rotatable bonds is 7. The molecule has 0 heterocycles. The summed E-state index contributed by atoms with van der Waals surface area (Å²) in [5.41, 5.74) is 1.18. The zero-order valence-corrected chi connectivity index (χ0v) is 15.6. The van der Waals surface area contributed by atoms with Crippen LogP contribution in [-0.2, 0) is 19.6 Å². The minimum absolute atomic E-state index is 0.280. The Kier molecular flexibility index (Phi) is 6.46. The lowest BCUT2D eigenvalue weighted by molar-refractivity contribution is -0.136. The number of ether oxygens (including phenoxy) is 1. The van der Waals surface area contributed by atoms with Gasteiger partial charge in [0, 0.05) is 18.7 Å².